The van der Waals surface area contributed by atoms with Crippen molar-refractivity contribution in [1.29, 1.82) is 0 Å². The number of nitrogens with zero attached hydrogens (tertiary/aromatic N) is 6. The zero-order chi connectivity index (χ0) is 31.8. The van der Waals surface area contributed by atoms with E-state index in [9.17, 15) is 9.59 Å². The molecule has 2 atom stereocenters. The van der Waals surface area contributed by atoms with Gasteiger partial charge in [-0.15, -0.1) is 0 Å². The normalized spacial score (nSPS) is 11.8. The van der Waals surface area contributed by atoms with Gasteiger partial charge in [0.15, 0.2) is 6.04 Å². The summed E-state index contributed by atoms with van der Waals surface area (Å²) in [4.78, 5) is 30.0. The Morgan fingerprint density at radius 3 is 1.61 bits per heavy atom. The van der Waals surface area contributed by atoms with Crippen molar-refractivity contribution in [1.82, 2.24) is 0 Å². The second-order valence-corrected chi connectivity index (χ2v) is 10.1. The first-order valence-corrected chi connectivity index (χ1v) is 14.8. The van der Waals surface area contributed by atoms with Crippen molar-refractivity contribution < 1.29 is 34.3 Å². The lowest BCUT2D eigenvalue weighted by molar-refractivity contribution is -0.407. The van der Waals surface area contributed by atoms with Gasteiger partial charge in [0.05, 0.1) is 26.4 Å². The first-order valence-electron chi connectivity index (χ1n) is 14.8. The van der Waals surface area contributed by atoms with Gasteiger partial charge in [-0.05, 0) is 91.4 Å². The van der Waals surface area contributed by atoms with E-state index in [1.807, 2.05) is 48.5 Å². The van der Waals surface area contributed by atoms with Crippen LogP contribution in [0.15, 0.2) is 58.8 Å². The maximum Gasteiger partial charge on any atom is 0.365 e. The molecule has 0 spiro atoms. The van der Waals surface area contributed by atoms with Crippen molar-refractivity contribution in [2.45, 2.75) is 63.5 Å². The molecule has 14 nitrogen and oxygen atoms in total. The second kappa shape index (κ2) is 22.1. The highest BCUT2D eigenvalue weighted by Gasteiger charge is 2.19. The van der Waals surface area contributed by atoms with Gasteiger partial charge in [0.1, 0.15) is 17.5 Å². The van der Waals surface area contributed by atoms with E-state index in [0.717, 1.165) is 24.0 Å². The summed E-state index contributed by atoms with van der Waals surface area (Å²) < 4.78 is 21.9. The standard InChI is InChI=1S/C30H42N8O6/c31-27(21-23-7-11-25(12-8-23)41-19-5-15-35-37-33)29(39)43-17-3-1-2-4-18-44-30(40)28(32)22-24-9-13-26(14-10-24)42-20-6-16-36-38-34/h7-14,27-28H,1-6,15-22,31-32H2/p+1. The van der Waals surface area contributed by atoms with E-state index in [4.69, 9.17) is 35.7 Å². The van der Waals surface area contributed by atoms with E-state index in [2.05, 4.69) is 25.8 Å². The number of esters is 2. The Hall–Kier alpha value is -4.48. The molecule has 0 aromatic heterocycles. The molecule has 0 aliphatic rings. The molecule has 44 heavy (non-hydrogen) atoms. The van der Waals surface area contributed by atoms with E-state index in [0.29, 0.717) is 82.9 Å². The third kappa shape index (κ3) is 15.7. The highest BCUT2D eigenvalue weighted by Crippen LogP contribution is 2.15. The van der Waals surface area contributed by atoms with E-state index in [1.54, 1.807) is 0 Å². The van der Waals surface area contributed by atoms with Crippen molar-refractivity contribution in [2.75, 3.05) is 39.5 Å². The molecule has 0 amide bonds. The Kier molecular flexibility index (Phi) is 17.9. The number of nitrogens with two attached hydrogens (primary N) is 1. The fraction of sp³-hybridized carbons (Fsp3) is 0.533. The Labute approximate surface area is 257 Å². The summed E-state index contributed by atoms with van der Waals surface area (Å²) in [6, 6.07) is 13.5. The quantitative estimate of drug-likeness (QED) is 0.0611. The van der Waals surface area contributed by atoms with Crippen molar-refractivity contribution in [3.05, 3.63) is 80.5 Å². The summed E-state index contributed by atoms with van der Waals surface area (Å²) in [7, 11) is 0. The smallest absolute Gasteiger partial charge is 0.365 e. The van der Waals surface area contributed by atoms with Gasteiger partial charge in [0, 0.05) is 29.3 Å². The molecule has 238 valence electrons. The highest BCUT2D eigenvalue weighted by molar-refractivity contribution is 5.76. The van der Waals surface area contributed by atoms with E-state index in [-0.39, 0.29) is 12.6 Å². The number of rotatable bonds is 23. The van der Waals surface area contributed by atoms with Crippen LogP contribution in [0.1, 0.15) is 49.7 Å². The zero-order valence-electron chi connectivity index (χ0n) is 25.1. The summed E-state index contributed by atoms with van der Waals surface area (Å²) in [6.45, 7) is 2.29. The van der Waals surface area contributed by atoms with Gasteiger partial charge in [-0.25, -0.2) is 4.79 Å². The van der Waals surface area contributed by atoms with Crippen LogP contribution < -0.4 is 20.9 Å². The fourth-order valence-electron chi connectivity index (χ4n) is 4.02. The van der Waals surface area contributed by atoms with Gasteiger partial charge in [-0.3, -0.25) is 4.79 Å². The predicted octanol–water partition coefficient (Wildman–Crippen LogP) is 4.21. The van der Waals surface area contributed by atoms with Gasteiger partial charge in [0.25, 0.3) is 0 Å². The number of carbonyl (C=O) groups excluding carboxylic acids is 2. The number of quaternary nitrogens is 1. The maximum absolute atomic E-state index is 12.3. The number of benzene rings is 2. The molecule has 2 unspecified atom stereocenters. The third-order valence-corrected chi connectivity index (χ3v) is 6.42. The molecule has 0 aliphatic heterocycles. The lowest BCUT2D eigenvalue weighted by Crippen LogP contribution is -2.66. The molecule has 0 radical (unpaired) electrons. The molecule has 0 fully saturated rings. The average Bonchev–Trinajstić information content (AvgIpc) is 3.03. The Bertz CT molecular complexity index is 1120. The van der Waals surface area contributed by atoms with Gasteiger partial charge < -0.3 is 30.4 Å². The SMILES string of the molecule is [N-]=[N+]=NCCCOc1ccc(CC(N)C(=O)OCCCCCCOC(=O)C([NH3+])Cc2ccc(OCCCN=[N+]=[N-])cc2)cc1. The summed E-state index contributed by atoms with van der Waals surface area (Å²) in [6.07, 6.45) is 5.17. The molecule has 5 N–H and O–H groups in total. The molecule has 2 rings (SSSR count). The predicted molar refractivity (Wildman–Crippen MR) is 164 cm³/mol. The number of hydrogen-bond donors (Lipinski definition) is 2. The van der Waals surface area contributed by atoms with Crippen LogP contribution in [0.5, 0.6) is 11.5 Å². The first kappa shape index (κ1) is 35.7. The third-order valence-electron chi connectivity index (χ3n) is 6.42. The molecule has 0 bridgehead atoms. The zero-order valence-corrected chi connectivity index (χ0v) is 25.1. The van der Waals surface area contributed by atoms with E-state index in [1.165, 1.54) is 0 Å². The highest BCUT2D eigenvalue weighted by atomic mass is 16.5. The largest absolute Gasteiger partial charge is 0.494 e. The van der Waals surface area contributed by atoms with Crippen molar-refractivity contribution >= 4 is 11.9 Å². The molecular formula is C30H43N8O6+. The summed E-state index contributed by atoms with van der Waals surface area (Å²) in [5.41, 5.74) is 28.3. The number of unbranched alkanes of at least 4 members (excludes halogenated alkanes) is 3. The minimum atomic E-state index is -0.756. The summed E-state index contributed by atoms with van der Waals surface area (Å²) in [5.74, 6) is 0.623. The van der Waals surface area contributed by atoms with Crippen LogP contribution in [-0.2, 0) is 31.9 Å². The Morgan fingerprint density at radius 2 is 1.14 bits per heavy atom. The number of carbonyl (C=O) groups is 2. The number of azide groups is 2. The molecule has 0 saturated heterocycles. The van der Waals surface area contributed by atoms with Crippen molar-refractivity contribution in [3.8, 4) is 11.5 Å². The van der Waals surface area contributed by atoms with Crippen LogP contribution in [0, 0.1) is 0 Å². The molecule has 2 aromatic carbocycles. The van der Waals surface area contributed by atoms with Crippen LogP contribution >= 0.6 is 0 Å². The van der Waals surface area contributed by atoms with Crippen LogP contribution in [-0.4, -0.2) is 63.5 Å². The first-order chi connectivity index (χ1) is 21.4. The van der Waals surface area contributed by atoms with Crippen LogP contribution in [0.3, 0.4) is 0 Å². The van der Waals surface area contributed by atoms with Gasteiger partial charge in [-0.1, -0.05) is 34.5 Å². The Morgan fingerprint density at radius 1 is 0.682 bits per heavy atom. The monoisotopic (exact) mass is 611 g/mol. The maximum atomic E-state index is 12.3. The van der Waals surface area contributed by atoms with E-state index >= 15 is 0 Å². The lowest BCUT2D eigenvalue weighted by Gasteiger charge is -2.12. The summed E-state index contributed by atoms with van der Waals surface area (Å²) >= 11 is 0. The molecule has 0 saturated carbocycles. The lowest BCUT2D eigenvalue weighted by atomic mass is 10.1. The average molecular weight is 612 g/mol. The summed E-state index contributed by atoms with van der Waals surface area (Å²) in [5, 5.41) is 6.92. The van der Waals surface area contributed by atoms with Crippen LogP contribution in [0.25, 0.3) is 20.9 Å². The van der Waals surface area contributed by atoms with Crippen molar-refractivity contribution in [2.24, 2.45) is 16.0 Å². The van der Waals surface area contributed by atoms with Gasteiger partial charge in [-0.2, -0.15) is 0 Å². The van der Waals surface area contributed by atoms with Crippen LogP contribution in [0.2, 0.25) is 0 Å². The minimum absolute atomic E-state index is 0.287. The number of hydrogen-bond acceptors (Lipinski definition) is 9. The number of ether oxygens (including phenoxy) is 4. The second-order valence-electron chi connectivity index (χ2n) is 10.1. The topological polar surface area (TPSA) is 222 Å². The van der Waals surface area contributed by atoms with Crippen molar-refractivity contribution in [3.63, 3.8) is 0 Å². The molecule has 14 heteroatoms. The molecule has 0 aliphatic carbocycles. The molecular weight excluding hydrogens is 568 g/mol. The molecule has 2 aromatic rings. The van der Waals surface area contributed by atoms with Crippen LogP contribution in [0.4, 0.5) is 0 Å². The Balaban J connectivity index is 1.51. The van der Waals surface area contributed by atoms with E-state index < -0.39 is 18.1 Å². The molecule has 0 heterocycles. The minimum Gasteiger partial charge on any atom is -0.494 e. The van der Waals surface area contributed by atoms with Gasteiger partial charge in [0.2, 0.25) is 0 Å². The van der Waals surface area contributed by atoms with Gasteiger partial charge >= 0.3 is 11.9 Å². The fourth-order valence-corrected chi connectivity index (χ4v) is 4.02.